The number of ether oxygens (including phenoxy) is 1. The van der Waals surface area contributed by atoms with Gasteiger partial charge in [0, 0.05) is 36.8 Å². The summed E-state index contributed by atoms with van der Waals surface area (Å²) in [5.74, 6) is 0. The van der Waals surface area contributed by atoms with Gasteiger partial charge in [-0.1, -0.05) is 18.2 Å². The van der Waals surface area contributed by atoms with Crippen LogP contribution in [0.5, 0.6) is 0 Å². The highest BCUT2D eigenvalue weighted by atomic mass is 35.5. The van der Waals surface area contributed by atoms with Crippen LogP contribution in [0.15, 0.2) is 24.3 Å². The number of aromatic nitrogens is 1. The van der Waals surface area contributed by atoms with E-state index in [1.165, 1.54) is 22.2 Å². The van der Waals surface area contributed by atoms with Crippen LogP contribution in [0.2, 0.25) is 0 Å². The van der Waals surface area contributed by atoms with Gasteiger partial charge in [0.1, 0.15) is 0 Å². The van der Waals surface area contributed by atoms with Gasteiger partial charge in [-0.15, -0.1) is 12.4 Å². The third-order valence-corrected chi connectivity index (χ3v) is 3.56. The Bertz CT molecular complexity index is 536. The highest BCUT2D eigenvalue weighted by Crippen LogP contribution is 2.28. The molecular weight excluding hydrogens is 248 g/mol. The number of nitrogens with one attached hydrogen (secondary N) is 1. The molecule has 4 heteroatoms. The summed E-state index contributed by atoms with van der Waals surface area (Å²) in [7, 11) is 1.76. The predicted molar refractivity (Wildman–Crippen MR) is 76.5 cm³/mol. The van der Waals surface area contributed by atoms with Crippen molar-refractivity contribution in [3.63, 3.8) is 0 Å². The molecule has 1 aromatic heterocycles. The molecule has 3 nitrogen and oxygen atoms in total. The minimum Gasteiger partial charge on any atom is -0.383 e. The highest BCUT2D eigenvalue weighted by molar-refractivity contribution is 5.86. The third kappa shape index (κ3) is 2.14. The Morgan fingerprint density at radius 2 is 2.17 bits per heavy atom. The van der Waals surface area contributed by atoms with Crippen LogP contribution in [-0.2, 0) is 24.2 Å². The monoisotopic (exact) mass is 266 g/mol. The van der Waals surface area contributed by atoms with Gasteiger partial charge < -0.3 is 14.6 Å². The average molecular weight is 267 g/mol. The van der Waals surface area contributed by atoms with Crippen LogP contribution < -0.4 is 5.32 Å². The highest BCUT2D eigenvalue weighted by Gasteiger charge is 2.18. The summed E-state index contributed by atoms with van der Waals surface area (Å²) < 4.78 is 7.62. The Morgan fingerprint density at radius 1 is 1.33 bits per heavy atom. The summed E-state index contributed by atoms with van der Waals surface area (Å²) in [6.45, 7) is 3.78. The molecule has 0 saturated heterocycles. The summed E-state index contributed by atoms with van der Waals surface area (Å²) in [6.07, 6.45) is 1.13. The lowest BCUT2D eigenvalue weighted by Crippen LogP contribution is -2.25. The molecule has 0 saturated carbocycles. The lowest BCUT2D eigenvalue weighted by Gasteiger charge is -2.17. The van der Waals surface area contributed by atoms with E-state index in [0.717, 1.165) is 32.7 Å². The number of halogens is 1. The van der Waals surface area contributed by atoms with Crippen molar-refractivity contribution >= 4 is 23.3 Å². The molecule has 1 N–H and O–H groups in total. The Kier molecular flexibility index (Phi) is 4.27. The SMILES string of the molecule is COCCn1c2c(c3ccccc31)CCNC2.Cl. The average Bonchev–Trinajstić information content (AvgIpc) is 2.71. The van der Waals surface area contributed by atoms with Crippen LogP contribution in [0.4, 0.5) is 0 Å². The fourth-order valence-electron chi connectivity index (χ4n) is 2.77. The van der Waals surface area contributed by atoms with Gasteiger partial charge in [0.25, 0.3) is 0 Å². The summed E-state index contributed by atoms with van der Waals surface area (Å²) >= 11 is 0. The molecular formula is C14H19ClN2O. The van der Waals surface area contributed by atoms with E-state index in [2.05, 4.69) is 34.1 Å². The van der Waals surface area contributed by atoms with Gasteiger partial charge in [0.15, 0.2) is 0 Å². The van der Waals surface area contributed by atoms with Gasteiger partial charge in [-0.3, -0.25) is 0 Å². The maximum atomic E-state index is 5.21. The molecule has 1 aliphatic heterocycles. The van der Waals surface area contributed by atoms with E-state index >= 15 is 0 Å². The quantitative estimate of drug-likeness (QED) is 0.923. The lowest BCUT2D eigenvalue weighted by molar-refractivity contribution is 0.187. The minimum atomic E-state index is 0. The van der Waals surface area contributed by atoms with Gasteiger partial charge in [0.2, 0.25) is 0 Å². The van der Waals surface area contributed by atoms with Gasteiger partial charge in [0.05, 0.1) is 6.61 Å². The zero-order chi connectivity index (χ0) is 11.7. The molecule has 0 bridgehead atoms. The smallest absolute Gasteiger partial charge is 0.0642 e. The molecule has 18 heavy (non-hydrogen) atoms. The number of hydrogen-bond donors (Lipinski definition) is 1. The van der Waals surface area contributed by atoms with Crippen LogP contribution in [0.3, 0.4) is 0 Å². The second-order valence-electron chi connectivity index (χ2n) is 4.51. The summed E-state index contributed by atoms with van der Waals surface area (Å²) in [5.41, 5.74) is 4.31. The van der Waals surface area contributed by atoms with Crippen molar-refractivity contribution in [2.24, 2.45) is 0 Å². The number of benzene rings is 1. The predicted octanol–water partition coefficient (Wildman–Crippen LogP) is 2.36. The first-order valence-electron chi connectivity index (χ1n) is 6.20. The molecule has 0 amide bonds. The molecule has 0 aliphatic carbocycles. The first-order chi connectivity index (χ1) is 8.42. The summed E-state index contributed by atoms with van der Waals surface area (Å²) in [6, 6.07) is 8.70. The Labute approximate surface area is 114 Å². The van der Waals surface area contributed by atoms with Crippen molar-refractivity contribution in [2.75, 3.05) is 20.3 Å². The van der Waals surface area contributed by atoms with Gasteiger partial charge in [-0.25, -0.2) is 0 Å². The zero-order valence-electron chi connectivity index (χ0n) is 10.6. The van der Waals surface area contributed by atoms with Crippen LogP contribution >= 0.6 is 12.4 Å². The van der Waals surface area contributed by atoms with Crippen molar-refractivity contribution in [1.29, 1.82) is 0 Å². The van der Waals surface area contributed by atoms with Crippen LogP contribution in [0, 0.1) is 0 Å². The number of para-hydroxylation sites is 1. The second-order valence-corrected chi connectivity index (χ2v) is 4.51. The van der Waals surface area contributed by atoms with Crippen molar-refractivity contribution in [3.05, 3.63) is 35.5 Å². The van der Waals surface area contributed by atoms with Crippen molar-refractivity contribution in [1.82, 2.24) is 9.88 Å². The fourth-order valence-corrected chi connectivity index (χ4v) is 2.77. The summed E-state index contributed by atoms with van der Waals surface area (Å²) in [5, 5.41) is 4.87. The number of rotatable bonds is 3. The minimum absolute atomic E-state index is 0. The Morgan fingerprint density at radius 3 is 3.00 bits per heavy atom. The van der Waals surface area contributed by atoms with E-state index in [4.69, 9.17) is 4.74 Å². The molecule has 2 heterocycles. The molecule has 0 spiro atoms. The second kappa shape index (κ2) is 5.74. The Hall–Kier alpha value is -1.03. The van der Waals surface area contributed by atoms with E-state index in [9.17, 15) is 0 Å². The number of nitrogens with zero attached hydrogens (tertiary/aromatic N) is 1. The van der Waals surface area contributed by atoms with Crippen molar-refractivity contribution in [3.8, 4) is 0 Å². The van der Waals surface area contributed by atoms with Crippen molar-refractivity contribution < 1.29 is 4.74 Å². The topological polar surface area (TPSA) is 26.2 Å². The van der Waals surface area contributed by atoms with E-state index in [1.54, 1.807) is 7.11 Å². The van der Waals surface area contributed by atoms with Gasteiger partial charge in [-0.2, -0.15) is 0 Å². The van der Waals surface area contributed by atoms with E-state index < -0.39 is 0 Å². The van der Waals surface area contributed by atoms with Gasteiger partial charge >= 0.3 is 0 Å². The molecule has 0 radical (unpaired) electrons. The fraction of sp³-hybridized carbons (Fsp3) is 0.429. The number of fused-ring (bicyclic) bond motifs is 3. The maximum absolute atomic E-state index is 5.21. The Balaban J connectivity index is 0.00000120. The van der Waals surface area contributed by atoms with Crippen LogP contribution in [0.1, 0.15) is 11.3 Å². The summed E-state index contributed by atoms with van der Waals surface area (Å²) in [4.78, 5) is 0. The third-order valence-electron chi connectivity index (χ3n) is 3.56. The molecule has 1 aliphatic rings. The zero-order valence-corrected chi connectivity index (χ0v) is 11.4. The number of methoxy groups -OCH3 is 1. The molecule has 1 aromatic carbocycles. The van der Waals surface area contributed by atoms with Crippen molar-refractivity contribution in [2.45, 2.75) is 19.5 Å². The molecule has 98 valence electrons. The van der Waals surface area contributed by atoms with E-state index in [-0.39, 0.29) is 12.4 Å². The van der Waals surface area contributed by atoms with E-state index in [1.807, 2.05) is 0 Å². The first kappa shape index (κ1) is 13.4. The normalized spacial score (nSPS) is 14.3. The first-order valence-corrected chi connectivity index (χ1v) is 6.20. The molecule has 0 fully saturated rings. The molecule has 2 aromatic rings. The van der Waals surface area contributed by atoms with Gasteiger partial charge in [-0.05, 0) is 24.6 Å². The standard InChI is InChI=1S/C14H18N2O.ClH/c1-17-9-8-16-13-5-3-2-4-11(13)12-6-7-15-10-14(12)16;/h2-5,15H,6-10H2,1H3;1H. The molecule has 0 atom stereocenters. The van der Waals surface area contributed by atoms with Crippen LogP contribution in [-0.4, -0.2) is 24.8 Å². The number of hydrogen-bond acceptors (Lipinski definition) is 2. The molecule has 3 rings (SSSR count). The largest absolute Gasteiger partial charge is 0.383 e. The maximum Gasteiger partial charge on any atom is 0.0642 e. The van der Waals surface area contributed by atoms with E-state index in [0.29, 0.717) is 0 Å². The lowest BCUT2D eigenvalue weighted by atomic mass is 10.1. The molecule has 0 unspecified atom stereocenters. The van der Waals surface area contributed by atoms with Crippen LogP contribution in [0.25, 0.3) is 10.9 Å².